The SMILES string of the molecule is N[C@H]1CN(Cc2ccccc2)C[C@@H]1F. The van der Waals surface area contributed by atoms with E-state index < -0.39 is 6.17 Å². The van der Waals surface area contributed by atoms with Crippen molar-refractivity contribution in [2.45, 2.75) is 18.8 Å². The van der Waals surface area contributed by atoms with Crippen LogP contribution in [-0.4, -0.2) is 30.2 Å². The highest BCUT2D eigenvalue weighted by atomic mass is 19.1. The van der Waals surface area contributed by atoms with Gasteiger partial charge in [-0.1, -0.05) is 30.3 Å². The van der Waals surface area contributed by atoms with E-state index in [1.807, 2.05) is 18.2 Å². The minimum Gasteiger partial charge on any atom is -0.324 e. The number of rotatable bonds is 2. The Morgan fingerprint density at radius 2 is 2.00 bits per heavy atom. The molecule has 1 aliphatic heterocycles. The van der Waals surface area contributed by atoms with Crippen LogP contribution >= 0.6 is 0 Å². The van der Waals surface area contributed by atoms with Crippen LogP contribution in [0.2, 0.25) is 0 Å². The number of hydrogen-bond acceptors (Lipinski definition) is 2. The van der Waals surface area contributed by atoms with Gasteiger partial charge in [-0.2, -0.15) is 0 Å². The Bertz CT molecular complexity index is 279. The van der Waals surface area contributed by atoms with Gasteiger partial charge in [0.25, 0.3) is 0 Å². The Morgan fingerprint density at radius 1 is 1.29 bits per heavy atom. The number of benzene rings is 1. The van der Waals surface area contributed by atoms with Crippen LogP contribution in [0.15, 0.2) is 30.3 Å². The third kappa shape index (κ3) is 2.11. The third-order valence-corrected chi connectivity index (χ3v) is 2.62. The maximum atomic E-state index is 13.1. The van der Waals surface area contributed by atoms with Gasteiger partial charge in [-0.25, -0.2) is 4.39 Å². The lowest BCUT2D eigenvalue weighted by Gasteiger charge is -2.14. The summed E-state index contributed by atoms with van der Waals surface area (Å²) in [5, 5.41) is 0. The molecule has 2 N–H and O–H groups in total. The molecule has 2 nitrogen and oxygen atoms in total. The fourth-order valence-corrected chi connectivity index (χ4v) is 1.84. The van der Waals surface area contributed by atoms with Gasteiger partial charge in [0.15, 0.2) is 0 Å². The minimum absolute atomic E-state index is 0.307. The summed E-state index contributed by atoms with van der Waals surface area (Å²) in [5.74, 6) is 0. The zero-order valence-corrected chi connectivity index (χ0v) is 8.07. The van der Waals surface area contributed by atoms with Crippen molar-refractivity contribution in [3.05, 3.63) is 35.9 Å². The Hall–Kier alpha value is -0.930. The zero-order chi connectivity index (χ0) is 9.97. The van der Waals surface area contributed by atoms with E-state index in [1.165, 1.54) is 5.56 Å². The average Bonchev–Trinajstić information content (AvgIpc) is 2.47. The molecule has 0 aromatic heterocycles. The molecule has 0 spiro atoms. The first-order chi connectivity index (χ1) is 6.75. The van der Waals surface area contributed by atoms with E-state index in [0.29, 0.717) is 13.1 Å². The fourth-order valence-electron chi connectivity index (χ4n) is 1.84. The van der Waals surface area contributed by atoms with Gasteiger partial charge in [-0.15, -0.1) is 0 Å². The van der Waals surface area contributed by atoms with E-state index in [2.05, 4.69) is 17.0 Å². The van der Waals surface area contributed by atoms with E-state index in [9.17, 15) is 4.39 Å². The van der Waals surface area contributed by atoms with Crippen molar-refractivity contribution in [2.75, 3.05) is 13.1 Å². The molecule has 0 radical (unpaired) electrons. The molecule has 2 rings (SSSR count). The Kier molecular flexibility index (Phi) is 2.79. The van der Waals surface area contributed by atoms with E-state index >= 15 is 0 Å². The summed E-state index contributed by atoms with van der Waals surface area (Å²) in [6.07, 6.45) is -0.862. The largest absolute Gasteiger partial charge is 0.324 e. The highest BCUT2D eigenvalue weighted by Gasteiger charge is 2.29. The second kappa shape index (κ2) is 4.07. The Labute approximate surface area is 83.5 Å². The molecule has 76 valence electrons. The minimum atomic E-state index is -0.862. The standard InChI is InChI=1S/C11H15FN2/c12-10-7-14(8-11(10)13)6-9-4-2-1-3-5-9/h1-5,10-11H,6-8,13H2/t10-,11-/m0/s1. The molecule has 1 saturated heterocycles. The molecule has 0 aliphatic carbocycles. The predicted octanol–water partition coefficient (Wildman–Crippen LogP) is 1.17. The number of nitrogens with two attached hydrogens (primary N) is 1. The highest BCUT2D eigenvalue weighted by molar-refractivity contribution is 5.14. The smallest absolute Gasteiger partial charge is 0.129 e. The third-order valence-electron chi connectivity index (χ3n) is 2.62. The second-order valence-electron chi connectivity index (χ2n) is 3.86. The summed E-state index contributed by atoms with van der Waals surface area (Å²) < 4.78 is 13.1. The van der Waals surface area contributed by atoms with Crippen molar-refractivity contribution in [2.24, 2.45) is 5.73 Å². The monoisotopic (exact) mass is 194 g/mol. The van der Waals surface area contributed by atoms with Gasteiger partial charge in [0.1, 0.15) is 6.17 Å². The van der Waals surface area contributed by atoms with Crippen LogP contribution in [0.4, 0.5) is 4.39 Å². The lowest BCUT2D eigenvalue weighted by Crippen LogP contribution is -2.30. The summed E-state index contributed by atoms with van der Waals surface area (Å²) in [7, 11) is 0. The molecule has 2 atom stereocenters. The normalized spacial score (nSPS) is 28.1. The molecule has 1 aromatic carbocycles. The van der Waals surface area contributed by atoms with Crippen LogP contribution in [0.1, 0.15) is 5.56 Å². The molecule has 0 unspecified atom stereocenters. The maximum Gasteiger partial charge on any atom is 0.129 e. The molecule has 0 amide bonds. The Balaban J connectivity index is 1.94. The summed E-state index contributed by atoms with van der Waals surface area (Å²) >= 11 is 0. The van der Waals surface area contributed by atoms with Gasteiger partial charge in [-0.3, -0.25) is 4.90 Å². The van der Waals surface area contributed by atoms with Crippen molar-refractivity contribution >= 4 is 0 Å². The number of alkyl halides is 1. The Morgan fingerprint density at radius 3 is 2.57 bits per heavy atom. The van der Waals surface area contributed by atoms with E-state index in [-0.39, 0.29) is 6.04 Å². The van der Waals surface area contributed by atoms with Gasteiger partial charge >= 0.3 is 0 Å². The number of hydrogen-bond donors (Lipinski definition) is 1. The molecule has 1 aromatic rings. The summed E-state index contributed by atoms with van der Waals surface area (Å²) in [4.78, 5) is 2.06. The van der Waals surface area contributed by atoms with Gasteiger partial charge in [-0.05, 0) is 5.56 Å². The molecule has 0 saturated carbocycles. The fraction of sp³-hybridized carbons (Fsp3) is 0.455. The van der Waals surface area contributed by atoms with E-state index in [1.54, 1.807) is 0 Å². The topological polar surface area (TPSA) is 29.3 Å². The van der Waals surface area contributed by atoms with Crippen LogP contribution in [-0.2, 0) is 6.54 Å². The van der Waals surface area contributed by atoms with Gasteiger partial charge in [0.2, 0.25) is 0 Å². The van der Waals surface area contributed by atoms with Crippen molar-refractivity contribution in [3.8, 4) is 0 Å². The lowest BCUT2D eigenvalue weighted by atomic mass is 10.2. The van der Waals surface area contributed by atoms with Crippen molar-refractivity contribution < 1.29 is 4.39 Å². The first kappa shape index (κ1) is 9.62. The average molecular weight is 194 g/mol. The molecule has 3 heteroatoms. The number of likely N-dealkylation sites (tertiary alicyclic amines) is 1. The molecular formula is C11H15FN2. The maximum absolute atomic E-state index is 13.1. The molecule has 0 bridgehead atoms. The van der Waals surface area contributed by atoms with Gasteiger partial charge < -0.3 is 5.73 Å². The molecule has 14 heavy (non-hydrogen) atoms. The quantitative estimate of drug-likeness (QED) is 0.765. The molecule has 1 heterocycles. The lowest BCUT2D eigenvalue weighted by molar-refractivity contribution is 0.280. The summed E-state index contributed by atoms with van der Waals surface area (Å²) in [5.41, 5.74) is 6.82. The molecule has 1 aliphatic rings. The van der Waals surface area contributed by atoms with Crippen LogP contribution in [0.3, 0.4) is 0 Å². The highest BCUT2D eigenvalue weighted by Crippen LogP contribution is 2.14. The van der Waals surface area contributed by atoms with Gasteiger partial charge in [0.05, 0.1) is 0 Å². The van der Waals surface area contributed by atoms with Crippen LogP contribution in [0.25, 0.3) is 0 Å². The predicted molar refractivity (Wildman–Crippen MR) is 54.6 cm³/mol. The van der Waals surface area contributed by atoms with Crippen molar-refractivity contribution in [1.82, 2.24) is 4.90 Å². The van der Waals surface area contributed by atoms with Gasteiger partial charge in [0, 0.05) is 25.7 Å². The molecular weight excluding hydrogens is 179 g/mol. The second-order valence-corrected chi connectivity index (χ2v) is 3.86. The zero-order valence-electron chi connectivity index (χ0n) is 8.07. The van der Waals surface area contributed by atoms with E-state index in [4.69, 9.17) is 5.73 Å². The van der Waals surface area contributed by atoms with Crippen LogP contribution < -0.4 is 5.73 Å². The first-order valence-corrected chi connectivity index (χ1v) is 4.91. The molecule has 1 fully saturated rings. The number of halogens is 1. The number of nitrogens with zero attached hydrogens (tertiary/aromatic N) is 1. The van der Waals surface area contributed by atoms with Crippen LogP contribution in [0, 0.1) is 0 Å². The first-order valence-electron chi connectivity index (χ1n) is 4.91. The van der Waals surface area contributed by atoms with E-state index in [0.717, 1.165) is 6.54 Å². The summed E-state index contributed by atoms with van der Waals surface area (Å²) in [6.45, 7) is 1.93. The summed E-state index contributed by atoms with van der Waals surface area (Å²) in [6, 6.07) is 9.78. The van der Waals surface area contributed by atoms with Crippen molar-refractivity contribution in [3.63, 3.8) is 0 Å². The van der Waals surface area contributed by atoms with Crippen molar-refractivity contribution in [1.29, 1.82) is 0 Å². The van der Waals surface area contributed by atoms with Crippen LogP contribution in [0.5, 0.6) is 0 Å².